The summed E-state index contributed by atoms with van der Waals surface area (Å²) >= 11 is 10.7. The van der Waals surface area contributed by atoms with Crippen molar-refractivity contribution in [3.63, 3.8) is 0 Å². The summed E-state index contributed by atoms with van der Waals surface area (Å²) in [6.45, 7) is 4.44. The van der Waals surface area contributed by atoms with Crippen LogP contribution in [0, 0.1) is 13.8 Å². The van der Waals surface area contributed by atoms with Gasteiger partial charge in [0.25, 0.3) is 11.8 Å². The van der Waals surface area contributed by atoms with E-state index >= 15 is 0 Å². The molecule has 0 heterocycles. The lowest BCUT2D eigenvalue weighted by molar-refractivity contribution is -0.123. The summed E-state index contributed by atoms with van der Waals surface area (Å²) in [6.07, 6.45) is 0. The number of nitrogens with one attached hydrogen (secondary N) is 2. The second kappa shape index (κ2) is 8.74. The van der Waals surface area contributed by atoms with Crippen LogP contribution >= 0.6 is 23.2 Å². The fourth-order valence-electron chi connectivity index (χ4n) is 1.47. The number of carbonyl (C=O) groups excluding carboxylic acids is 2. The summed E-state index contributed by atoms with van der Waals surface area (Å²) in [5.41, 5.74) is 2.27. The standard InChI is InChI=1S/C14H18Cl2N2O3/c1-9-3-4-11(7-10(9)2)21-8-12(19)17-5-6-18-14(20)13(15)16/h3-4,7,13H,5-6,8H2,1-2H3,(H,17,19)(H,18,20). The minimum Gasteiger partial charge on any atom is -0.484 e. The van der Waals surface area contributed by atoms with Crippen LogP contribution in [0.4, 0.5) is 0 Å². The molecule has 0 aromatic heterocycles. The van der Waals surface area contributed by atoms with Crippen LogP contribution in [-0.2, 0) is 9.59 Å². The van der Waals surface area contributed by atoms with Crippen LogP contribution in [0.1, 0.15) is 11.1 Å². The highest BCUT2D eigenvalue weighted by Gasteiger charge is 2.10. The molecule has 116 valence electrons. The maximum absolute atomic E-state index is 11.5. The van der Waals surface area contributed by atoms with E-state index in [9.17, 15) is 9.59 Å². The Hall–Kier alpha value is -1.46. The number of halogens is 2. The van der Waals surface area contributed by atoms with E-state index in [1.165, 1.54) is 5.56 Å². The second-order valence-electron chi connectivity index (χ2n) is 4.48. The fourth-order valence-corrected chi connectivity index (χ4v) is 1.62. The number of hydrogen-bond donors (Lipinski definition) is 2. The van der Waals surface area contributed by atoms with Gasteiger partial charge < -0.3 is 15.4 Å². The average molecular weight is 333 g/mol. The summed E-state index contributed by atoms with van der Waals surface area (Å²) in [5.74, 6) is -0.108. The number of hydrogen-bond acceptors (Lipinski definition) is 3. The summed E-state index contributed by atoms with van der Waals surface area (Å²) in [4.78, 5) is 21.5. The zero-order valence-corrected chi connectivity index (χ0v) is 13.4. The van der Waals surface area contributed by atoms with Crippen molar-refractivity contribution in [1.82, 2.24) is 10.6 Å². The van der Waals surface area contributed by atoms with E-state index in [0.717, 1.165) is 5.56 Å². The summed E-state index contributed by atoms with van der Waals surface area (Å²) in [7, 11) is 0. The molecule has 0 aliphatic carbocycles. The first kappa shape index (κ1) is 17.6. The van der Waals surface area contributed by atoms with E-state index < -0.39 is 10.7 Å². The molecule has 0 saturated heterocycles. The summed E-state index contributed by atoms with van der Waals surface area (Å²) in [5, 5.41) is 5.07. The highest BCUT2D eigenvalue weighted by atomic mass is 35.5. The lowest BCUT2D eigenvalue weighted by Crippen LogP contribution is -2.38. The van der Waals surface area contributed by atoms with Gasteiger partial charge in [0, 0.05) is 13.1 Å². The van der Waals surface area contributed by atoms with Gasteiger partial charge in [-0.1, -0.05) is 29.3 Å². The Kier molecular flexibility index (Phi) is 7.32. The zero-order valence-electron chi connectivity index (χ0n) is 11.9. The first-order valence-electron chi connectivity index (χ1n) is 6.42. The Bertz CT molecular complexity index is 507. The molecule has 0 bridgehead atoms. The molecule has 0 fully saturated rings. The molecule has 0 unspecified atom stereocenters. The fraction of sp³-hybridized carbons (Fsp3) is 0.429. The van der Waals surface area contributed by atoms with Crippen molar-refractivity contribution in [2.24, 2.45) is 0 Å². The third kappa shape index (κ3) is 6.69. The molecular formula is C14H18Cl2N2O3. The largest absolute Gasteiger partial charge is 0.484 e. The van der Waals surface area contributed by atoms with Gasteiger partial charge in [-0.3, -0.25) is 9.59 Å². The molecule has 1 aromatic carbocycles. The van der Waals surface area contributed by atoms with Crippen molar-refractivity contribution < 1.29 is 14.3 Å². The van der Waals surface area contributed by atoms with Gasteiger partial charge in [0.1, 0.15) is 5.75 Å². The van der Waals surface area contributed by atoms with E-state index in [-0.39, 0.29) is 25.6 Å². The van der Waals surface area contributed by atoms with Crippen molar-refractivity contribution in [2.45, 2.75) is 18.7 Å². The van der Waals surface area contributed by atoms with Crippen molar-refractivity contribution >= 4 is 35.0 Å². The van der Waals surface area contributed by atoms with Gasteiger partial charge in [-0.15, -0.1) is 0 Å². The Morgan fingerprint density at radius 2 is 1.81 bits per heavy atom. The Morgan fingerprint density at radius 1 is 1.14 bits per heavy atom. The van der Waals surface area contributed by atoms with Gasteiger partial charge in [0.2, 0.25) is 0 Å². The van der Waals surface area contributed by atoms with E-state index in [0.29, 0.717) is 5.75 Å². The number of carbonyl (C=O) groups is 2. The topological polar surface area (TPSA) is 67.4 Å². The van der Waals surface area contributed by atoms with Crippen LogP contribution in [0.15, 0.2) is 18.2 Å². The average Bonchev–Trinajstić information content (AvgIpc) is 2.44. The monoisotopic (exact) mass is 332 g/mol. The summed E-state index contributed by atoms with van der Waals surface area (Å²) in [6, 6.07) is 5.63. The van der Waals surface area contributed by atoms with Gasteiger partial charge in [0.05, 0.1) is 0 Å². The molecule has 2 N–H and O–H groups in total. The van der Waals surface area contributed by atoms with E-state index in [4.69, 9.17) is 27.9 Å². The van der Waals surface area contributed by atoms with Gasteiger partial charge in [-0.2, -0.15) is 0 Å². The lowest BCUT2D eigenvalue weighted by atomic mass is 10.1. The summed E-state index contributed by atoms with van der Waals surface area (Å²) < 4.78 is 5.38. The van der Waals surface area contributed by atoms with E-state index in [1.54, 1.807) is 0 Å². The minimum atomic E-state index is -1.10. The van der Waals surface area contributed by atoms with Crippen molar-refractivity contribution in [3.05, 3.63) is 29.3 Å². The zero-order chi connectivity index (χ0) is 15.8. The van der Waals surface area contributed by atoms with Crippen LogP contribution in [0.5, 0.6) is 5.75 Å². The number of amides is 2. The normalized spacial score (nSPS) is 10.3. The SMILES string of the molecule is Cc1ccc(OCC(=O)NCCNC(=O)C(Cl)Cl)cc1C. The van der Waals surface area contributed by atoms with Crippen molar-refractivity contribution in [2.75, 3.05) is 19.7 Å². The molecule has 0 radical (unpaired) electrons. The molecule has 0 atom stereocenters. The van der Waals surface area contributed by atoms with Crippen molar-refractivity contribution in [1.29, 1.82) is 0 Å². The van der Waals surface area contributed by atoms with Crippen LogP contribution in [0.2, 0.25) is 0 Å². The molecule has 21 heavy (non-hydrogen) atoms. The molecular weight excluding hydrogens is 315 g/mol. The van der Waals surface area contributed by atoms with Gasteiger partial charge >= 0.3 is 0 Å². The van der Waals surface area contributed by atoms with Gasteiger partial charge in [-0.25, -0.2) is 0 Å². The predicted molar refractivity (Wildman–Crippen MR) is 82.9 cm³/mol. The number of benzene rings is 1. The number of rotatable bonds is 7. The molecule has 0 aliphatic heterocycles. The maximum Gasteiger partial charge on any atom is 0.258 e. The first-order chi connectivity index (χ1) is 9.90. The van der Waals surface area contributed by atoms with Crippen LogP contribution in [0.25, 0.3) is 0 Å². The number of aryl methyl sites for hydroxylation is 2. The highest BCUT2D eigenvalue weighted by molar-refractivity contribution is 6.53. The Balaban J connectivity index is 2.22. The van der Waals surface area contributed by atoms with Crippen LogP contribution in [0.3, 0.4) is 0 Å². The molecule has 0 saturated carbocycles. The molecule has 2 amide bonds. The third-order valence-electron chi connectivity index (χ3n) is 2.79. The predicted octanol–water partition coefficient (Wildman–Crippen LogP) is 1.72. The molecule has 5 nitrogen and oxygen atoms in total. The van der Waals surface area contributed by atoms with Crippen LogP contribution < -0.4 is 15.4 Å². The van der Waals surface area contributed by atoms with Gasteiger partial charge in [0.15, 0.2) is 11.4 Å². The first-order valence-corrected chi connectivity index (χ1v) is 7.30. The molecule has 0 spiro atoms. The second-order valence-corrected chi connectivity index (χ2v) is 5.57. The number of ether oxygens (including phenoxy) is 1. The van der Waals surface area contributed by atoms with Gasteiger partial charge in [-0.05, 0) is 37.1 Å². The lowest BCUT2D eigenvalue weighted by Gasteiger charge is -2.09. The molecule has 0 aliphatic rings. The van der Waals surface area contributed by atoms with E-state index in [1.807, 2.05) is 32.0 Å². The van der Waals surface area contributed by atoms with E-state index in [2.05, 4.69) is 10.6 Å². The quantitative estimate of drug-likeness (QED) is 0.590. The molecule has 1 aromatic rings. The van der Waals surface area contributed by atoms with Crippen LogP contribution in [-0.4, -0.2) is 36.3 Å². The smallest absolute Gasteiger partial charge is 0.258 e. The molecule has 7 heteroatoms. The maximum atomic E-state index is 11.5. The Morgan fingerprint density at radius 3 is 2.43 bits per heavy atom. The number of alkyl halides is 2. The minimum absolute atomic E-state index is 0.0793. The molecule has 1 rings (SSSR count). The van der Waals surface area contributed by atoms with Crippen molar-refractivity contribution in [3.8, 4) is 5.75 Å². The highest BCUT2D eigenvalue weighted by Crippen LogP contribution is 2.16. The third-order valence-corrected chi connectivity index (χ3v) is 3.19. The Labute approximate surface area is 133 Å².